The number of hydrogen-bond donors (Lipinski definition) is 1. The predicted molar refractivity (Wildman–Crippen MR) is 54.4 cm³/mol. The lowest BCUT2D eigenvalue weighted by Crippen LogP contribution is -2.18. The van der Waals surface area contributed by atoms with Gasteiger partial charge in [-0.15, -0.1) is 0 Å². The highest BCUT2D eigenvalue weighted by Crippen LogP contribution is 2.26. The molecule has 0 radical (unpaired) electrons. The van der Waals surface area contributed by atoms with Gasteiger partial charge < -0.3 is 9.72 Å². The lowest BCUT2D eigenvalue weighted by molar-refractivity contribution is -0.387. The van der Waals surface area contributed by atoms with Crippen molar-refractivity contribution in [2.24, 2.45) is 0 Å². The Kier molecular flexibility index (Phi) is 4.08. The number of ether oxygens (including phenoxy) is 1. The van der Waals surface area contributed by atoms with Gasteiger partial charge in [-0.3, -0.25) is 19.7 Å². The highest BCUT2D eigenvalue weighted by molar-refractivity contribution is 5.72. The van der Waals surface area contributed by atoms with Gasteiger partial charge in [-0.2, -0.15) is 0 Å². The first-order valence-corrected chi connectivity index (χ1v) is 4.62. The maximum absolute atomic E-state index is 12.6. The Morgan fingerprint density at radius 2 is 2.22 bits per heavy atom. The number of esters is 1. The van der Waals surface area contributed by atoms with Gasteiger partial charge in [0.1, 0.15) is 5.56 Å². The van der Waals surface area contributed by atoms with Crippen LogP contribution in [0.5, 0.6) is 0 Å². The van der Waals surface area contributed by atoms with Gasteiger partial charge in [-0.05, 0) is 6.07 Å². The Balaban J connectivity index is 3.32. The van der Waals surface area contributed by atoms with Crippen molar-refractivity contribution in [2.45, 2.75) is 12.8 Å². The van der Waals surface area contributed by atoms with E-state index in [-0.39, 0.29) is 5.69 Å². The molecule has 0 bridgehead atoms. The van der Waals surface area contributed by atoms with Crippen molar-refractivity contribution in [3.05, 3.63) is 37.8 Å². The summed E-state index contributed by atoms with van der Waals surface area (Å²) in [5, 5.41) is 10.5. The Morgan fingerprint density at radius 3 is 2.67 bits per heavy atom. The number of halogens is 2. The zero-order valence-electron chi connectivity index (χ0n) is 9.11. The van der Waals surface area contributed by atoms with E-state index in [1.807, 2.05) is 4.98 Å². The van der Waals surface area contributed by atoms with E-state index in [9.17, 15) is 28.5 Å². The summed E-state index contributed by atoms with van der Waals surface area (Å²) in [5.74, 6) is -0.764. The largest absolute Gasteiger partial charge is 0.469 e. The average Bonchev–Trinajstić information content (AvgIpc) is 2.27. The Morgan fingerprint density at radius 1 is 1.61 bits per heavy atom. The molecule has 98 valence electrons. The summed E-state index contributed by atoms with van der Waals surface area (Å²) >= 11 is 0. The molecule has 1 aromatic heterocycles. The molecule has 0 aromatic carbocycles. The minimum atomic E-state index is -3.19. The number of nitrogens with zero attached hydrogens (tertiary/aromatic N) is 1. The first-order chi connectivity index (χ1) is 8.36. The maximum Gasteiger partial charge on any atom is 0.342 e. The number of aromatic nitrogens is 1. The molecule has 0 saturated carbocycles. The van der Waals surface area contributed by atoms with Crippen LogP contribution in [0, 0.1) is 10.1 Å². The van der Waals surface area contributed by atoms with E-state index in [0.717, 1.165) is 7.11 Å². The molecule has 9 heteroatoms. The number of nitrogens with one attached hydrogen (secondary N) is 1. The molecule has 0 aliphatic heterocycles. The summed E-state index contributed by atoms with van der Waals surface area (Å²) in [7, 11) is 1.08. The molecule has 18 heavy (non-hydrogen) atoms. The van der Waals surface area contributed by atoms with E-state index in [1.54, 1.807) is 0 Å². The molecule has 0 aliphatic rings. The van der Waals surface area contributed by atoms with Crippen LogP contribution in [-0.4, -0.2) is 23.0 Å². The molecule has 0 saturated heterocycles. The molecule has 0 aliphatic carbocycles. The van der Waals surface area contributed by atoms with Crippen LogP contribution in [0.1, 0.15) is 17.7 Å². The maximum atomic E-state index is 12.6. The molecular formula is C9H8F2N2O5. The monoisotopic (exact) mass is 262 g/mol. The lowest BCUT2D eigenvalue weighted by Gasteiger charge is -2.04. The van der Waals surface area contributed by atoms with Gasteiger partial charge in [-0.25, -0.2) is 8.78 Å². The summed E-state index contributed by atoms with van der Waals surface area (Å²) in [6.45, 7) is 0. The van der Waals surface area contributed by atoms with Crippen LogP contribution < -0.4 is 5.56 Å². The van der Waals surface area contributed by atoms with Crippen LogP contribution in [-0.2, 0) is 16.0 Å². The van der Waals surface area contributed by atoms with E-state index < -0.39 is 40.5 Å². The van der Waals surface area contributed by atoms with Crippen LogP contribution >= 0.6 is 0 Å². The minimum Gasteiger partial charge on any atom is -0.469 e. The quantitative estimate of drug-likeness (QED) is 0.494. The number of alkyl halides is 2. The van der Waals surface area contributed by atoms with Gasteiger partial charge in [-0.1, -0.05) is 0 Å². The molecular weight excluding hydrogens is 254 g/mol. The van der Waals surface area contributed by atoms with Gasteiger partial charge in [0, 0.05) is 5.69 Å². The van der Waals surface area contributed by atoms with E-state index in [0.29, 0.717) is 6.07 Å². The molecule has 0 atom stereocenters. The Hall–Kier alpha value is -2.32. The third kappa shape index (κ3) is 2.87. The fraction of sp³-hybridized carbons (Fsp3) is 0.333. The average molecular weight is 262 g/mol. The third-order valence-electron chi connectivity index (χ3n) is 2.07. The second kappa shape index (κ2) is 5.34. The molecule has 1 N–H and O–H groups in total. The van der Waals surface area contributed by atoms with E-state index in [1.165, 1.54) is 0 Å². The standard InChI is InChI=1S/C9H8F2N2O5/c1-18-6(14)3-4-2-5(8(10)11)7(13(16)17)9(15)12-4/h2,8H,3H2,1H3,(H,12,15). The summed E-state index contributed by atoms with van der Waals surface area (Å²) in [6, 6.07) is 0.709. The molecule has 1 rings (SSSR count). The van der Waals surface area contributed by atoms with Gasteiger partial charge in [0.25, 0.3) is 6.43 Å². The van der Waals surface area contributed by atoms with Crippen LogP contribution in [0.3, 0.4) is 0 Å². The number of nitro groups is 1. The van der Waals surface area contributed by atoms with Crippen LogP contribution in [0.15, 0.2) is 10.9 Å². The van der Waals surface area contributed by atoms with E-state index in [4.69, 9.17) is 0 Å². The fourth-order valence-electron chi connectivity index (χ4n) is 1.31. The second-order valence-corrected chi connectivity index (χ2v) is 3.24. The van der Waals surface area contributed by atoms with Gasteiger partial charge in [0.2, 0.25) is 0 Å². The summed E-state index contributed by atoms with van der Waals surface area (Å²) < 4.78 is 29.5. The molecule has 0 fully saturated rings. The van der Waals surface area contributed by atoms with Crippen LogP contribution in [0.4, 0.5) is 14.5 Å². The number of methoxy groups -OCH3 is 1. The number of rotatable bonds is 4. The second-order valence-electron chi connectivity index (χ2n) is 3.24. The summed E-state index contributed by atoms with van der Waals surface area (Å²) in [5.41, 5.74) is -3.70. The normalized spacial score (nSPS) is 10.4. The number of aromatic amines is 1. The van der Waals surface area contributed by atoms with Gasteiger partial charge >= 0.3 is 17.2 Å². The van der Waals surface area contributed by atoms with Gasteiger partial charge in [0.05, 0.1) is 18.5 Å². The molecule has 1 aromatic rings. The van der Waals surface area contributed by atoms with Crippen molar-refractivity contribution < 1.29 is 23.2 Å². The number of pyridine rings is 1. The Labute approximate surface area is 98.5 Å². The Bertz CT molecular complexity index is 540. The molecule has 7 nitrogen and oxygen atoms in total. The highest BCUT2D eigenvalue weighted by Gasteiger charge is 2.27. The molecule has 0 amide bonds. The van der Waals surface area contributed by atoms with Crippen LogP contribution in [0.2, 0.25) is 0 Å². The third-order valence-corrected chi connectivity index (χ3v) is 2.07. The fourth-order valence-corrected chi connectivity index (χ4v) is 1.31. The zero-order valence-corrected chi connectivity index (χ0v) is 9.11. The van der Waals surface area contributed by atoms with Crippen molar-refractivity contribution >= 4 is 11.7 Å². The van der Waals surface area contributed by atoms with Crippen molar-refractivity contribution in [1.29, 1.82) is 0 Å². The van der Waals surface area contributed by atoms with E-state index >= 15 is 0 Å². The first kappa shape index (κ1) is 13.7. The number of carbonyl (C=O) groups excluding carboxylic acids is 1. The molecule has 0 spiro atoms. The first-order valence-electron chi connectivity index (χ1n) is 4.62. The topological polar surface area (TPSA) is 102 Å². The molecule has 0 unspecified atom stereocenters. The van der Waals surface area contributed by atoms with Crippen LogP contribution in [0.25, 0.3) is 0 Å². The summed E-state index contributed by atoms with van der Waals surface area (Å²) in [4.78, 5) is 33.5. The molecule has 1 heterocycles. The predicted octanol–water partition coefficient (Wildman–Crippen LogP) is 0.936. The van der Waals surface area contributed by atoms with Crippen molar-refractivity contribution in [2.75, 3.05) is 7.11 Å². The lowest BCUT2D eigenvalue weighted by atomic mass is 10.1. The smallest absolute Gasteiger partial charge is 0.342 e. The number of H-pyrrole nitrogens is 1. The highest BCUT2D eigenvalue weighted by atomic mass is 19.3. The minimum absolute atomic E-state index is 0.173. The van der Waals surface area contributed by atoms with Crippen molar-refractivity contribution in [1.82, 2.24) is 4.98 Å². The van der Waals surface area contributed by atoms with E-state index in [2.05, 4.69) is 4.74 Å². The SMILES string of the molecule is COC(=O)Cc1cc(C(F)F)c([N+](=O)[O-])c(=O)[nH]1. The number of carbonyl (C=O) groups is 1. The van der Waals surface area contributed by atoms with Crippen molar-refractivity contribution in [3.63, 3.8) is 0 Å². The number of hydrogen-bond acceptors (Lipinski definition) is 5. The zero-order chi connectivity index (χ0) is 13.9. The van der Waals surface area contributed by atoms with Gasteiger partial charge in [0.15, 0.2) is 0 Å². The summed E-state index contributed by atoms with van der Waals surface area (Å²) in [6.07, 6.45) is -3.65. The van der Waals surface area contributed by atoms with Crippen molar-refractivity contribution in [3.8, 4) is 0 Å².